The zero-order chi connectivity index (χ0) is 18.0. The first-order valence-electron chi connectivity index (χ1n) is 7.66. The fourth-order valence-electron chi connectivity index (χ4n) is 2.74. The fraction of sp³-hybridized carbons (Fsp3) is 0.222. The SMILES string of the molecule is O=C1N[C@H](Cc2ccccc2)C(=O)N1Cc1cccc(C(F)(F)F)c1. The van der Waals surface area contributed by atoms with Crippen LogP contribution in [0.2, 0.25) is 0 Å². The number of urea groups is 1. The van der Waals surface area contributed by atoms with Crippen LogP contribution in [-0.4, -0.2) is 22.9 Å². The largest absolute Gasteiger partial charge is 0.416 e. The van der Waals surface area contributed by atoms with Crippen LogP contribution >= 0.6 is 0 Å². The van der Waals surface area contributed by atoms with Gasteiger partial charge in [0.2, 0.25) is 0 Å². The number of nitrogens with one attached hydrogen (secondary N) is 1. The monoisotopic (exact) mass is 348 g/mol. The Kier molecular flexibility index (Phi) is 4.48. The van der Waals surface area contributed by atoms with Crippen molar-refractivity contribution >= 4 is 11.9 Å². The Balaban J connectivity index is 1.73. The highest BCUT2D eigenvalue weighted by molar-refractivity contribution is 6.04. The molecule has 0 aromatic heterocycles. The average Bonchev–Trinajstić information content (AvgIpc) is 2.83. The Labute approximate surface area is 142 Å². The molecule has 4 nitrogen and oxygen atoms in total. The quantitative estimate of drug-likeness (QED) is 0.862. The Morgan fingerprint density at radius 1 is 0.960 bits per heavy atom. The van der Waals surface area contributed by atoms with Crippen molar-refractivity contribution in [3.8, 4) is 0 Å². The molecule has 2 aromatic rings. The summed E-state index contributed by atoms with van der Waals surface area (Å²) in [5.41, 5.74) is 0.332. The summed E-state index contributed by atoms with van der Waals surface area (Å²) in [7, 11) is 0. The Morgan fingerprint density at radius 2 is 1.64 bits per heavy atom. The predicted octanol–water partition coefficient (Wildman–Crippen LogP) is 3.37. The van der Waals surface area contributed by atoms with E-state index in [0.29, 0.717) is 6.42 Å². The summed E-state index contributed by atoms with van der Waals surface area (Å²) in [6.07, 6.45) is -4.13. The van der Waals surface area contributed by atoms with Crippen LogP contribution in [0, 0.1) is 0 Å². The minimum Gasteiger partial charge on any atom is -0.325 e. The fourth-order valence-corrected chi connectivity index (χ4v) is 2.74. The van der Waals surface area contributed by atoms with E-state index in [1.807, 2.05) is 30.3 Å². The molecule has 0 aliphatic carbocycles. The van der Waals surface area contributed by atoms with Crippen molar-refractivity contribution in [1.29, 1.82) is 0 Å². The first-order chi connectivity index (χ1) is 11.8. The highest BCUT2D eigenvalue weighted by Crippen LogP contribution is 2.30. The third-order valence-electron chi connectivity index (χ3n) is 3.98. The van der Waals surface area contributed by atoms with Crippen LogP contribution in [0.4, 0.5) is 18.0 Å². The lowest BCUT2D eigenvalue weighted by Crippen LogP contribution is -2.32. The van der Waals surface area contributed by atoms with Gasteiger partial charge in [0.15, 0.2) is 0 Å². The van der Waals surface area contributed by atoms with Gasteiger partial charge in [-0.1, -0.05) is 42.5 Å². The Morgan fingerprint density at radius 3 is 2.32 bits per heavy atom. The first-order valence-corrected chi connectivity index (χ1v) is 7.66. The summed E-state index contributed by atoms with van der Waals surface area (Å²) >= 11 is 0. The molecule has 3 rings (SSSR count). The maximum Gasteiger partial charge on any atom is 0.416 e. The van der Waals surface area contributed by atoms with Gasteiger partial charge in [0.05, 0.1) is 12.1 Å². The van der Waals surface area contributed by atoms with Crippen molar-refractivity contribution in [3.63, 3.8) is 0 Å². The minimum atomic E-state index is -4.47. The van der Waals surface area contributed by atoms with E-state index in [2.05, 4.69) is 5.32 Å². The molecule has 7 heteroatoms. The normalized spacial score (nSPS) is 17.7. The zero-order valence-corrected chi connectivity index (χ0v) is 13.1. The molecule has 1 aliphatic rings. The van der Waals surface area contributed by atoms with Gasteiger partial charge in [-0.25, -0.2) is 4.79 Å². The van der Waals surface area contributed by atoms with Crippen molar-refractivity contribution in [2.24, 2.45) is 0 Å². The highest BCUT2D eigenvalue weighted by atomic mass is 19.4. The number of halogens is 3. The van der Waals surface area contributed by atoms with E-state index in [1.54, 1.807) is 0 Å². The Hall–Kier alpha value is -2.83. The molecule has 2 aromatic carbocycles. The molecule has 130 valence electrons. The molecule has 1 N–H and O–H groups in total. The van der Waals surface area contributed by atoms with E-state index in [4.69, 9.17) is 0 Å². The second kappa shape index (κ2) is 6.58. The van der Waals surface area contributed by atoms with Crippen LogP contribution in [0.15, 0.2) is 54.6 Å². The minimum absolute atomic E-state index is 0.195. The number of nitrogens with zero attached hydrogens (tertiary/aromatic N) is 1. The maximum atomic E-state index is 12.8. The lowest BCUT2D eigenvalue weighted by molar-refractivity contribution is -0.137. The molecule has 1 heterocycles. The molecule has 1 atom stereocenters. The van der Waals surface area contributed by atoms with Gasteiger partial charge < -0.3 is 5.32 Å². The third kappa shape index (κ3) is 3.81. The smallest absolute Gasteiger partial charge is 0.325 e. The number of imide groups is 1. The van der Waals surface area contributed by atoms with Gasteiger partial charge in [0.25, 0.3) is 5.91 Å². The number of hydrogen-bond donors (Lipinski definition) is 1. The topological polar surface area (TPSA) is 49.4 Å². The lowest BCUT2D eigenvalue weighted by atomic mass is 10.1. The van der Waals surface area contributed by atoms with Gasteiger partial charge in [-0.2, -0.15) is 13.2 Å². The van der Waals surface area contributed by atoms with Gasteiger partial charge in [-0.15, -0.1) is 0 Å². The van der Waals surface area contributed by atoms with E-state index in [9.17, 15) is 22.8 Å². The zero-order valence-electron chi connectivity index (χ0n) is 13.1. The summed E-state index contributed by atoms with van der Waals surface area (Å²) in [5.74, 6) is -0.439. The number of amides is 3. The van der Waals surface area contributed by atoms with Gasteiger partial charge >= 0.3 is 12.2 Å². The number of rotatable bonds is 4. The second-order valence-electron chi connectivity index (χ2n) is 5.81. The lowest BCUT2D eigenvalue weighted by Gasteiger charge is -2.14. The molecule has 0 spiro atoms. The molecule has 0 radical (unpaired) electrons. The van der Waals surface area contributed by atoms with Crippen molar-refractivity contribution < 1.29 is 22.8 Å². The van der Waals surface area contributed by atoms with Crippen LogP contribution in [-0.2, 0) is 23.9 Å². The maximum absolute atomic E-state index is 12.8. The first kappa shape index (κ1) is 17.0. The van der Waals surface area contributed by atoms with Gasteiger partial charge in [0.1, 0.15) is 6.04 Å². The molecule has 3 amide bonds. The van der Waals surface area contributed by atoms with Crippen LogP contribution in [0.1, 0.15) is 16.7 Å². The summed E-state index contributed by atoms with van der Waals surface area (Å²) in [4.78, 5) is 25.4. The molecular formula is C18H15F3N2O2. The van der Waals surface area contributed by atoms with Crippen molar-refractivity contribution in [2.75, 3.05) is 0 Å². The van der Waals surface area contributed by atoms with Gasteiger partial charge in [-0.05, 0) is 23.3 Å². The van der Waals surface area contributed by atoms with E-state index < -0.39 is 29.7 Å². The van der Waals surface area contributed by atoms with E-state index in [1.165, 1.54) is 12.1 Å². The van der Waals surface area contributed by atoms with Crippen molar-refractivity contribution in [1.82, 2.24) is 10.2 Å². The molecule has 1 fully saturated rings. The summed E-state index contributed by atoms with van der Waals surface area (Å²) in [5, 5.41) is 2.58. The van der Waals surface area contributed by atoms with Gasteiger partial charge in [-0.3, -0.25) is 9.69 Å². The number of benzene rings is 2. The summed E-state index contributed by atoms with van der Waals surface area (Å²) < 4.78 is 38.3. The second-order valence-corrected chi connectivity index (χ2v) is 5.81. The average molecular weight is 348 g/mol. The standard InChI is InChI=1S/C18H15F3N2O2/c19-18(20,21)14-8-4-7-13(9-14)11-23-16(24)15(22-17(23)25)10-12-5-2-1-3-6-12/h1-9,15H,10-11H2,(H,22,25)/t15-/m1/s1. The van der Waals surface area contributed by atoms with Crippen LogP contribution in [0.3, 0.4) is 0 Å². The summed E-state index contributed by atoms with van der Waals surface area (Å²) in [6, 6.07) is 12.5. The third-order valence-corrected chi connectivity index (χ3v) is 3.98. The number of carbonyl (C=O) groups is 2. The number of hydrogen-bond acceptors (Lipinski definition) is 2. The van der Waals surface area contributed by atoms with Crippen LogP contribution < -0.4 is 5.32 Å². The van der Waals surface area contributed by atoms with E-state index in [-0.39, 0.29) is 12.1 Å². The molecular weight excluding hydrogens is 333 g/mol. The molecule has 0 bridgehead atoms. The van der Waals surface area contributed by atoms with E-state index in [0.717, 1.165) is 22.6 Å². The predicted molar refractivity (Wildman–Crippen MR) is 84.5 cm³/mol. The molecule has 25 heavy (non-hydrogen) atoms. The number of alkyl halides is 3. The summed E-state index contributed by atoms with van der Waals surface area (Å²) in [6.45, 7) is -0.195. The molecule has 1 aliphatic heterocycles. The van der Waals surface area contributed by atoms with Crippen LogP contribution in [0.25, 0.3) is 0 Å². The van der Waals surface area contributed by atoms with Crippen molar-refractivity contribution in [2.45, 2.75) is 25.2 Å². The van der Waals surface area contributed by atoms with Crippen LogP contribution in [0.5, 0.6) is 0 Å². The highest BCUT2D eigenvalue weighted by Gasteiger charge is 2.38. The van der Waals surface area contributed by atoms with Gasteiger partial charge in [0, 0.05) is 6.42 Å². The number of carbonyl (C=O) groups excluding carboxylic acids is 2. The Bertz CT molecular complexity index is 790. The molecule has 1 saturated heterocycles. The molecule has 0 unspecified atom stereocenters. The molecule has 0 saturated carbocycles. The van der Waals surface area contributed by atoms with Crippen molar-refractivity contribution in [3.05, 3.63) is 71.3 Å². The van der Waals surface area contributed by atoms with E-state index >= 15 is 0 Å².